The largest absolute Gasteiger partial charge is 0.462 e. The van der Waals surface area contributed by atoms with Gasteiger partial charge >= 0.3 is 23.9 Å². The first-order valence-electron chi connectivity index (χ1n) is 12.3. The molecule has 0 aliphatic heterocycles. The Bertz CT molecular complexity index is 939. The molecule has 1 aromatic carbocycles. The van der Waals surface area contributed by atoms with Crippen LogP contribution in [0.3, 0.4) is 0 Å². The lowest BCUT2D eigenvalue weighted by molar-refractivity contribution is 0.0446. The molecule has 0 fully saturated rings. The van der Waals surface area contributed by atoms with E-state index >= 15 is 0 Å². The molecule has 0 amide bonds. The van der Waals surface area contributed by atoms with Crippen LogP contribution in [0.4, 0.5) is 0 Å². The lowest BCUT2D eigenvalue weighted by Crippen LogP contribution is -2.21. The summed E-state index contributed by atoms with van der Waals surface area (Å²) in [4.78, 5) is 51.9. The highest BCUT2D eigenvalue weighted by atomic mass is 16.5. The molecule has 0 heterocycles. The topological polar surface area (TPSA) is 105 Å². The highest BCUT2D eigenvalue weighted by molar-refractivity contribution is 6.10. The van der Waals surface area contributed by atoms with E-state index < -0.39 is 23.9 Å². The van der Waals surface area contributed by atoms with Crippen molar-refractivity contribution >= 4 is 23.9 Å². The Labute approximate surface area is 225 Å². The van der Waals surface area contributed by atoms with Gasteiger partial charge < -0.3 is 18.9 Å². The Morgan fingerprint density at radius 2 is 0.658 bits per heavy atom. The molecule has 0 spiro atoms. The normalized spacial score (nSPS) is 10.2. The molecule has 0 bridgehead atoms. The second-order valence-corrected chi connectivity index (χ2v) is 9.32. The van der Waals surface area contributed by atoms with Gasteiger partial charge in [-0.3, -0.25) is 0 Å². The zero-order chi connectivity index (χ0) is 28.8. The quantitative estimate of drug-likeness (QED) is 0.143. The van der Waals surface area contributed by atoms with Crippen LogP contribution in [0.5, 0.6) is 0 Å². The first-order valence-corrected chi connectivity index (χ1v) is 12.3. The predicted molar refractivity (Wildman–Crippen MR) is 145 cm³/mol. The Morgan fingerprint density at radius 3 is 0.816 bits per heavy atom. The van der Waals surface area contributed by atoms with Crippen LogP contribution in [-0.4, -0.2) is 50.3 Å². The van der Waals surface area contributed by atoms with E-state index in [0.717, 1.165) is 34.4 Å². The number of carbonyl (C=O) groups excluding carboxylic acids is 4. The number of benzene rings is 1. The van der Waals surface area contributed by atoms with E-state index in [1.54, 1.807) is 27.7 Å². The van der Waals surface area contributed by atoms with Crippen molar-refractivity contribution in [1.82, 2.24) is 0 Å². The molecule has 1 rings (SSSR count). The van der Waals surface area contributed by atoms with Gasteiger partial charge in [0, 0.05) is 25.7 Å². The van der Waals surface area contributed by atoms with Gasteiger partial charge in [0.2, 0.25) is 0 Å². The van der Waals surface area contributed by atoms with Crippen LogP contribution in [-0.2, 0) is 18.9 Å². The molecule has 0 saturated heterocycles. The summed E-state index contributed by atoms with van der Waals surface area (Å²) in [6, 6.07) is 2.22. The van der Waals surface area contributed by atoms with Crippen LogP contribution in [0.1, 0.15) is 94.8 Å². The average molecular weight is 527 g/mol. The smallest absolute Gasteiger partial charge is 0.339 e. The minimum absolute atomic E-state index is 0.0153. The zero-order valence-corrected chi connectivity index (χ0v) is 22.9. The van der Waals surface area contributed by atoms with Crippen molar-refractivity contribution in [2.24, 2.45) is 0 Å². The van der Waals surface area contributed by atoms with Crippen LogP contribution >= 0.6 is 0 Å². The van der Waals surface area contributed by atoms with E-state index in [9.17, 15) is 19.2 Å². The minimum Gasteiger partial charge on any atom is -0.462 e. The molecule has 0 saturated carbocycles. The maximum Gasteiger partial charge on any atom is 0.339 e. The van der Waals surface area contributed by atoms with Crippen molar-refractivity contribution in [3.63, 3.8) is 0 Å². The first-order chi connectivity index (χ1) is 17.8. The third kappa shape index (κ3) is 11.4. The van der Waals surface area contributed by atoms with Gasteiger partial charge in [-0.1, -0.05) is 22.3 Å². The average Bonchev–Trinajstić information content (AvgIpc) is 2.81. The van der Waals surface area contributed by atoms with Crippen LogP contribution in [0.25, 0.3) is 0 Å². The molecule has 1 aromatic rings. The zero-order valence-electron chi connectivity index (χ0n) is 22.9. The molecule has 8 heteroatoms. The van der Waals surface area contributed by atoms with E-state index in [2.05, 4.69) is 26.3 Å². The van der Waals surface area contributed by atoms with Gasteiger partial charge in [0.1, 0.15) is 0 Å². The summed E-state index contributed by atoms with van der Waals surface area (Å²) in [6.07, 6.45) is 1.64. The third-order valence-corrected chi connectivity index (χ3v) is 5.09. The van der Waals surface area contributed by atoms with Gasteiger partial charge in [0.25, 0.3) is 0 Å². The van der Waals surface area contributed by atoms with E-state index in [0.29, 0.717) is 25.7 Å². The second-order valence-electron chi connectivity index (χ2n) is 9.32. The van der Waals surface area contributed by atoms with E-state index in [-0.39, 0.29) is 48.7 Å². The summed E-state index contributed by atoms with van der Waals surface area (Å²) < 4.78 is 21.2. The number of carbonyl (C=O) groups is 4. The lowest BCUT2D eigenvalue weighted by atomic mass is 9.97. The second kappa shape index (κ2) is 16.0. The summed E-state index contributed by atoms with van der Waals surface area (Å²) in [5.74, 6) is -3.46. The Morgan fingerprint density at radius 1 is 0.474 bits per heavy atom. The molecule has 206 valence electrons. The molecule has 0 aromatic heterocycles. The molecule has 0 aliphatic rings. The highest BCUT2D eigenvalue weighted by Gasteiger charge is 2.29. The van der Waals surface area contributed by atoms with Crippen LogP contribution in [0, 0.1) is 0 Å². The summed E-state index contributed by atoms with van der Waals surface area (Å²) in [7, 11) is 0. The highest BCUT2D eigenvalue weighted by Crippen LogP contribution is 2.23. The first kappa shape index (κ1) is 32.1. The van der Waals surface area contributed by atoms with Crippen molar-refractivity contribution in [2.45, 2.75) is 53.4 Å². The third-order valence-electron chi connectivity index (χ3n) is 5.09. The van der Waals surface area contributed by atoms with Crippen molar-refractivity contribution in [2.75, 3.05) is 26.4 Å². The van der Waals surface area contributed by atoms with Crippen molar-refractivity contribution in [3.05, 3.63) is 83.0 Å². The number of rotatable bonds is 16. The summed E-state index contributed by atoms with van der Waals surface area (Å²) in [5.41, 5.74) is 2.24. The molecule has 0 radical (unpaired) electrons. The minimum atomic E-state index is -0.865. The predicted octanol–water partition coefficient (Wildman–Crippen LogP) is 6.18. The van der Waals surface area contributed by atoms with Gasteiger partial charge in [-0.2, -0.15) is 0 Å². The monoisotopic (exact) mass is 526 g/mol. The fourth-order valence-corrected chi connectivity index (χ4v) is 2.86. The number of hydrogen-bond acceptors (Lipinski definition) is 8. The fourth-order valence-electron chi connectivity index (χ4n) is 2.86. The maximum absolute atomic E-state index is 13.0. The van der Waals surface area contributed by atoms with Gasteiger partial charge in [-0.25, -0.2) is 19.2 Å². The van der Waals surface area contributed by atoms with Crippen molar-refractivity contribution in [3.8, 4) is 0 Å². The Hall–Kier alpha value is -3.94. The molecule has 8 nitrogen and oxygen atoms in total. The Balaban J connectivity index is 3.53. The number of ether oxygens (including phenoxy) is 4. The van der Waals surface area contributed by atoms with Gasteiger partial charge in [0.05, 0.1) is 48.7 Å². The van der Waals surface area contributed by atoms with Gasteiger partial charge in [-0.05, 0) is 39.8 Å². The Kier molecular flexibility index (Phi) is 13.5. The molecule has 38 heavy (non-hydrogen) atoms. The summed E-state index contributed by atoms with van der Waals surface area (Å²) in [5, 5.41) is 0. The standard InChI is InChI=1S/C30H38O8/c1-19(2)9-13-35-27(31)23-17-25(29(33)37-15-11-21(5)6)26(30(34)38-16-12-22(7)8)18-24(23)28(32)36-14-10-20(3)4/h17-18H,1,3,5,7,9-16H2,2,4,6,8H3. The van der Waals surface area contributed by atoms with Gasteiger partial charge in [0.15, 0.2) is 0 Å². The van der Waals surface area contributed by atoms with E-state index in [1.165, 1.54) is 0 Å². The molecular formula is C30H38O8. The van der Waals surface area contributed by atoms with Crippen molar-refractivity contribution < 1.29 is 38.1 Å². The number of esters is 4. The lowest BCUT2D eigenvalue weighted by Gasteiger charge is -2.15. The molecular weight excluding hydrogens is 488 g/mol. The molecule has 0 aliphatic carbocycles. The van der Waals surface area contributed by atoms with Gasteiger partial charge in [-0.15, -0.1) is 26.3 Å². The fraction of sp³-hybridized carbons (Fsp3) is 0.400. The van der Waals surface area contributed by atoms with Crippen LogP contribution in [0.2, 0.25) is 0 Å². The number of hydrogen-bond donors (Lipinski definition) is 0. The summed E-state index contributed by atoms with van der Waals surface area (Å²) >= 11 is 0. The summed E-state index contributed by atoms with van der Waals surface area (Å²) in [6.45, 7) is 22.3. The molecule has 0 unspecified atom stereocenters. The van der Waals surface area contributed by atoms with Crippen LogP contribution < -0.4 is 0 Å². The maximum atomic E-state index is 13.0. The van der Waals surface area contributed by atoms with E-state index in [4.69, 9.17) is 18.9 Å². The molecule has 0 N–H and O–H groups in total. The van der Waals surface area contributed by atoms with Crippen LogP contribution in [0.15, 0.2) is 60.7 Å². The van der Waals surface area contributed by atoms with Crippen molar-refractivity contribution in [1.29, 1.82) is 0 Å². The van der Waals surface area contributed by atoms with E-state index in [1.807, 2.05) is 0 Å². The SMILES string of the molecule is C=C(C)CCOC(=O)c1cc(C(=O)OCCC(=C)C)c(C(=O)OCCC(=C)C)cc1C(=O)OCCC(=C)C. The molecule has 0 atom stereocenters.